The second kappa shape index (κ2) is 15.8. The summed E-state index contributed by atoms with van der Waals surface area (Å²) in [6.45, 7) is 0. The van der Waals surface area contributed by atoms with E-state index >= 15 is 0 Å². The van der Waals surface area contributed by atoms with E-state index in [-0.39, 0.29) is 40.6 Å². The molecule has 0 rings (SSSR count). The average molecular weight is 148 g/mol. The van der Waals surface area contributed by atoms with E-state index in [1.807, 2.05) is 0 Å². The van der Waals surface area contributed by atoms with Crippen LogP contribution in [0.2, 0.25) is 0 Å². The van der Waals surface area contributed by atoms with E-state index in [9.17, 15) is 0 Å². The van der Waals surface area contributed by atoms with Gasteiger partial charge in [-0.1, -0.05) is 0 Å². The summed E-state index contributed by atoms with van der Waals surface area (Å²) in [6.07, 6.45) is -1.83. The van der Waals surface area contributed by atoms with Gasteiger partial charge in [0, 0.05) is 0 Å². The van der Waals surface area contributed by atoms with Gasteiger partial charge in [0.05, 0.1) is 0 Å². The Morgan fingerprint density at radius 1 is 1.43 bits per heavy atom. The first-order valence-corrected chi connectivity index (χ1v) is 1.52. The molecular weight excluding hydrogens is 143 g/mol. The van der Waals surface area contributed by atoms with Gasteiger partial charge < -0.3 is 13.1 Å². The molecule has 6 heteroatoms. The van der Waals surface area contributed by atoms with Gasteiger partial charge in [-0.3, -0.25) is 0 Å². The molecule has 0 aliphatic rings. The van der Waals surface area contributed by atoms with Crippen LogP contribution < -0.4 is 0 Å². The third-order valence-electron chi connectivity index (χ3n) is 0. The summed E-state index contributed by atoms with van der Waals surface area (Å²) >= 11 is 0.611. The van der Waals surface area contributed by atoms with Gasteiger partial charge >= 0.3 is 63.9 Å². The van der Waals surface area contributed by atoms with E-state index in [1.165, 1.54) is 0 Å². The summed E-state index contributed by atoms with van der Waals surface area (Å²) in [5.41, 5.74) is 0. The van der Waals surface area contributed by atoms with Crippen molar-refractivity contribution in [3.05, 3.63) is 0 Å². The molecule has 0 spiro atoms. The molecule has 0 unspecified atom stereocenters. The van der Waals surface area contributed by atoms with Crippen molar-refractivity contribution < 1.29 is 21.7 Å². The van der Waals surface area contributed by atoms with E-state index < -0.39 is 6.16 Å². The van der Waals surface area contributed by atoms with Crippen molar-refractivity contribution in [1.82, 2.24) is 0 Å². The zero-order valence-electron chi connectivity index (χ0n) is 5.63. The average Bonchev–Trinajstić information content (AvgIpc) is 1.41. The quantitative estimate of drug-likeness (QED) is 0.445. The molecule has 38 valence electrons. The number of carboxylic acid groups (broad SMARTS) is 2. The first kappa shape index (κ1) is 15.7. The number of carbonyl (C=O) groups is 1. The van der Waals surface area contributed by atoms with Crippen molar-refractivity contribution in [3.8, 4) is 0 Å². The molecule has 0 amide bonds. The molecule has 7 heavy (non-hydrogen) atoms. The van der Waals surface area contributed by atoms with Crippen LogP contribution in [0, 0.1) is 0 Å². The van der Waals surface area contributed by atoms with E-state index in [2.05, 4.69) is 0 Å². The van der Waals surface area contributed by atoms with Gasteiger partial charge in [-0.15, -0.1) is 0 Å². The fourth-order valence-corrected chi connectivity index (χ4v) is 0. The molecular formula is CH5AlCaO4. The predicted octanol–water partition coefficient (Wildman–Crippen LogP) is -0.701. The van der Waals surface area contributed by atoms with Gasteiger partial charge in [-0.2, -0.15) is 0 Å². The molecule has 0 aromatic carbocycles. The van der Waals surface area contributed by atoms with Crippen molar-refractivity contribution in [2.24, 2.45) is 0 Å². The van der Waals surface area contributed by atoms with Crippen LogP contribution in [0.1, 0.15) is 2.85 Å². The molecule has 0 radical (unpaired) electrons. The zero-order valence-corrected chi connectivity index (χ0v) is 7.25. The van der Waals surface area contributed by atoms with Gasteiger partial charge in [0.25, 0.3) is 0 Å². The molecule has 2 N–H and O–H groups in total. The maximum absolute atomic E-state index is 8.56. The molecule has 0 aliphatic heterocycles. The normalized spacial score (nSPS) is 3.86. The second-order valence-electron chi connectivity index (χ2n) is 0.283. The molecule has 0 saturated heterocycles. The van der Waals surface area contributed by atoms with Crippen LogP contribution in [0.4, 0.5) is 4.79 Å². The van der Waals surface area contributed by atoms with Crippen molar-refractivity contribution in [2.45, 2.75) is 0 Å². The monoisotopic (exact) mass is 148 g/mol. The van der Waals surface area contributed by atoms with E-state index in [1.54, 1.807) is 0 Å². The maximum atomic E-state index is 8.56. The Bertz CT molecular complexity index is 49.8. The van der Waals surface area contributed by atoms with Crippen LogP contribution in [0.25, 0.3) is 0 Å². The number of hydrogen-bond acceptors (Lipinski definition) is 2. The van der Waals surface area contributed by atoms with Crippen LogP contribution in [-0.4, -0.2) is 70.3 Å². The Morgan fingerprint density at radius 3 is 1.43 bits per heavy atom. The van der Waals surface area contributed by atoms with Gasteiger partial charge in [0.1, 0.15) is 0 Å². The van der Waals surface area contributed by atoms with Crippen LogP contribution in [0.5, 0.6) is 0 Å². The fraction of sp³-hybridized carbons (Fsp3) is 0. The van der Waals surface area contributed by atoms with Gasteiger partial charge in [0.2, 0.25) is 0 Å². The Kier molecular flexibility index (Phi) is 35.4. The Hall–Kier alpha value is 0.862. The van der Waals surface area contributed by atoms with Crippen molar-refractivity contribution in [3.63, 3.8) is 0 Å². The first-order valence-electron chi connectivity index (χ1n) is 0.940. The number of hydrogen-bond donors (Lipinski definition) is 2. The molecule has 0 atom stereocenters. The Labute approximate surface area is 81.1 Å². The van der Waals surface area contributed by atoms with E-state index in [0.717, 1.165) is 0 Å². The molecule has 0 aromatic heterocycles. The van der Waals surface area contributed by atoms with Crippen LogP contribution in [0.15, 0.2) is 0 Å². The number of rotatable bonds is 0. The minimum atomic E-state index is -1.83. The standard InChI is InChI=1S/CH2O3.Al.Ca.O.3H/c2-1(3)4;;;;;;/h(H2,2,3,4);;;;;;/q;;+2;;;2*-1. The summed E-state index contributed by atoms with van der Waals surface area (Å²) < 4.78 is 8.28. The van der Waals surface area contributed by atoms with Crippen LogP contribution in [-0.2, 0) is 3.80 Å². The summed E-state index contributed by atoms with van der Waals surface area (Å²) in [7, 11) is 0. The minimum absolute atomic E-state index is 0. The molecule has 4 nitrogen and oxygen atoms in total. The van der Waals surface area contributed by atoms with Gasteiger partial charge in [0.15, 0.2) is 0 Å². The van der Waals surface area contributed by atoms with Crippen molar-refractivity contribution in [1.29, 1.82) is 0 Å². The summed E-state index contributed by atoms with van der Waals surface area (Å²) in [6, 6.07) is 0. The van der Waals surface area contributed by atoms with E-state index in [0.29, 0.717) is 16.2 Å². The molecule has 0 fully saturated rings. The summed E-state index contributed by atoms with van der Waals surface area (Å²) in [5, 5.41) is 13.9. The van der Waals surface area contributed by atoms with Crippen molar-refractivity contribution >= 4 is 60.1 Å². The topological polar surface area (TPSA) is 74.6 Å². The third-order valence-corrected chi connectivity index (χ3v) is 0. The molecule has 0 saturated carbocycles. The Morgan fingerprint density at radius 2 is 1.43 bits per heavy atom. The third kappa shape index (κ3) is 218. The molecule has 0 heterocycles. The first-order chi connectivity index (χ1) is 2.73. The zero-order chi connectivity index (χ0) is 5.58. The SMILES string of the molecule is O=C(O)O.[Ca+2].[H-].[H-].[O]=[AlH]. The Balaban J connectivity index is -0.00000000990. The fourth-order valence-electron chi connectivity index (χ4n) is 0. The summed E-state index contributed by atoms with van der Waals surface area (Å²) in [5.74, 6) is 0. The summed E-state index contributed by atoms with van der Waals surface area (Å²) in [4.78, 5) is 8.56. The van der Waals surface area contributed by atoms with E-state index in [4.69, 9.17) is 18.8 Å². The molecule has 0 bridgehead atoms. The molecule has 0 aliphatic carbocycles. The van der Waals surface area contributed by atoms with Gasteiger partial charge in [-0.05, 0) is 0 Å². The van der Waals surface area contributed by atoms with Gasteiger partial charge in [-0.25, -0.2) is 4.79 Å². The van der Waals surface area contributed by atoms with Crippen LogP contribution >= 0.6 is 0 Å². The van der Waals surface area contributed by atoms with Crippen molar-refractivity contribution in [2.75, 3.05) is 0 Å². The van der Waals surface area contributed by atoms with Crippen LogP contribution in [0.3, 0.4) is 0 Å². The predicted molar refractivity (Wildman–Crippen MR) is 26.5 cm³/mol. The molecule has 0 aromatic rings. The second-order valence-corrected chi connectivity index (χ2v) is 0.283.